The first-order valence-electron chi connectivity index (χ1n) is 9.93. The number of primary amides is 1. The highest BCUT2D eigenvalue weighted by Crippen LogP contribution is 2.24. The van der Waals surface area contributed by atoms with Crippen molar-refractivity contribution in [3.63, 3.8) is 0 Å². The van der Waals surface area contributed by atoms with Gasteiger partial charge < -0.3 is 27.4 Å². The molecule has 0 fully saturated rings. The fourth-order valence-corrected chi connectivity index (χ4v) is 2.93. The molecule has 3 amide bonds. The number of aromatic nitrogens is 2. The number of carbonyl (C=O) groups is 2. The summed E-state index contributed by atoms with van der Waals surface area (Å²) in [6.45, 7) is 3.19. The highest BCUT2D eigenvalue weighted by molar-refractivity contribution is 5.94. The Bertz CT molecular complexity index is 1120. The molecule has 2 aromatic heterocycles. The number of amides is 3. The molecule has 0 atom stereocenters. The third-order valence-electron chi connectivity index (χ3n) is 4.60. The van der Waals surface area contributed by atoms with E-state index in [9.17, 15) is 14.0 Å². The molecule has 3 aromatic rings. The average Bonchev–Trinajstić information content (AvgIpc) is 2.78. The molecule has 9 nitrogen and oxygen atoms in total. The Morgan fingerprint density at radius 1 is 1.09 bits per heavy atom. The second-order valence-corrected chi connectivity index (χ2v) is 6.93. The van der Waals surface area contributed by atoms with E-state index in [1.54, 1.807) is 36.5 Å². The predicted molar refractivity (Wildman–Crippen MR) is 120 cm³/mol. The second kappa shape index (κ2) is 10.3. The van der Waals surface area contributed by atoms with Crippen LogP contribution >= 0.6 is 0 Å². The maximum absolute atomic E-state index is 14.6. The summed E-state index contributed by atoms with van der Waals surface area (Å²) in [5.41, 5.74) is 13.5. The summed E-state index contributed by atoms with van der Waals surface area (Å²) >= 11 is 0. The van der Waals surface area contributed by atoms with Gasteiger partial charge in [-0.2, -0.15) is 0 Å². The van der Waals surface area contributed by atoms with Gasteiger partial charge >= 0.3 is 6.03 Å². The van der Waals surface area contributed by atoms with Crippen LogP contribution in [0.25, 0.3) is 11.3 Å². The zero-order valence-corrected chi connectivity index (χ0v) is 17.5. The van der Waals surface area contributed by atoms with E-state index in [-0.39, 0.29) is 12.2 Å². The predicted octanol–water partition coefficient (Wildman–Crippen LogP) is 2.40. The van der Waals surface area contributed by atoms with E-state index in [1.807, 2.05) is 6.92 Å². The topological polar surface area (TPSA) is 148 Å². The Balaban J connectivity index is 1.71. The van der Waals surface area contributed by atoms with Crippen molar-refractivity contribution in [1.82, 2.24) is 20.6 Å². The summed E-state index contributed by atoms with van der Waals surface area (Å²) in [6, 6.07) is 10.3. The van der Waals surface area contributed by atoms with Crippen LogP contribution in [0.2, 0.25) is 0 Å². The highest BCUT2D eigenvalue weighted by atomic mass is 19.1. The molecule has 2 heterocycles. The number of urea groups is 1. The molecule has 1 aromatic carbocycles. The quantitative estimate of drug-likeness (QED) is 0.365. The Morgan fingerprint density at radius 2 is 1.91 bits per heavy atom. The van der Waals surface area contributed by atoms with E-state index in [4.69, 9.17) is 11.5 Å². The monoisotopic (exact) mass is 437 g/mol. The van der Waals surface area contributed by atoms with Crippen LogP contribution in [0.3, 0.4) is 0 Å². The van der Waals surface area contributed by atoms with Crippen LogP contribution in [-0.4, -0.2) is 28.5 Å². The van der Waals surface area contributed by atoms with Crippen molar-refractivity contribution in [3.8, 4) is 11.3 Å². The number of hydrogen-bond donors (Lipinski definition) is 5. The fourth-order valence-electron chi connectivity index (χ4n) is 2.93. The van der Waals surface area contributed by atoms with E-state index in [1.165, 1.54) is 12.1 Å². The highest BCUT2D eigenvalue weighted by Gasteiger charge is 2.13. The lowest BCUT2D eigenvalue weighted by molar-refractivity contribution is 0.0999. The molecule has 0 saturated heterocycles. The number of nitrogens with zero attached hydrogens (tertiary/aromatic N) is 2. The molecule has 0 aliphatic rings. The molecule has 0 saturated carbocycles. The minimum absolute atomic E-state index is 0.0170. The molecular formula is C22H24FN7O2. The SMILES string of the molecule is CCNCc1nc(-c2ccc(NC(=O)NCc3ccc(N)nc3)c(F)c2)ccc1C(N)=O. The lowest BCUT2D eigenvalue weighted by Crippen LogP contribution is -2.28. The standard InChI is InChI=1S/C22H24FN7O2/c1-2-26-12-19-15(21(25)31)5-7-17(29-19)14-4-6-18(16(23)9-14)30-22(32)28-11-13-3-8-20(24)27-10-13/h3-10,26H,2,11-12H2,1H3,(H2,24,27)(H2,25,31)(H2,28,30,32). The number of anilines is 2. The maximum atomic E-state index is 14.6. The molecule has 0 unspecified atom stereocenters. The third-order valence-corrected chi connectivity index (χ3v) is 4.60. The van der Waals surface area contributed by atoms with Gasteiger partial charge in [0.15, 0.2) is 0 Å². The van der Waals surface area contributed by atoms with Crippen LogP contribution in [-0.2, 0) is 13.1 Å². The van der Waals surface area contributed by atoms with E-state index in [2.05, 4.69) is 25.9 Å². The molecular weight excluding hydrogens is 413 g/mol. The number of nitrogens with two attached hydrogens (primary N) is 2. The summed E-state index contributed by atoms with van der Waals surface area (Å²) in [5.74, 6) is -0.822. The first-order chi connectivity index (χ1) is 15.4. The average molecular weight is 437 g/mol. The summed E-state index contributed by atoms with van der Waals surface area (Å²) in [7, 11) is 0. The summed E-state index contributed by atoms with van der Waals surface area (Å²) in [5, 5.41) is 8.19. The number of nitrogens with one attached hydrogen (secondary N) is 3. The Hall–Kier alpha value is -4.05. The Morgan fingerprint density at radius 3 is 2.56 bits per heavy atom. The van der Waals surface area contributed by atoms with Crippen molar-refractivity contribution in [2.45, 2.75) is 20.0 Å². The van der Waals surface area contributed by atoms with Crippen LogP contribution in [0.5, 0.6) is 0 Å². The van der Waals surface area contributed by atoms with Gasteiger partial charge in [0.25, 0.3) is 5.91 Å². The molecule has 10 heteroatoms. The molecule has 0 spiro atoms. The number of rotatable bonds is 8. The van der Waals surface area contributed by atoms with Crippen LogP contribution in [0.1, 0.15) is 28.5 Å². The minimum Gasteiger partial charge on any atom is -0.384 e. The van der Waals surface area contributed by atoms with E-state index in [0.29, 0.717) is 41.4 Å². The van der Waals surface area contributed by atoms with Gasteiger partial charge in [-0.25, -0.2) is 14.2 Å². The van der Waals surface area contributed by atoms with Gasteiger partial charge in [0.1, 0.15) is 11.6 Å². The molecule has 0 aliphatic heterocycles. The van der Waals surface area contributed by atoms with Crippen molar-refractivity contribution in [1.29, 1.82) is 0 Å². The van der Waals surface area contributed by atoms with E-state index >= 15 is 0 Å². The van der Waals surface area contributed by atoms with Gasteiger partial charge in [0.05, 0.1) is 22.6 Å². The Labute approximate surface area is 184 Å². The van der Waals surface area contributed by atoms with Gasteiger partial charge in [-0.05, 0) is 42.4 Å². The zero-order chi connectivity index (χ0) is 23.1. The first kappa shape index (κ1) is 22.6. The van der Waals surface area contributed by atoms with Crippen molar-refractivity contribution >= 4 is 23.4 Å². The van der Waals surface area contributed by atoms with Crippen molar-refractivity contribution < 1.29 is 14.0 Å². The number of carbonyl (C=O) groups excluding carboxylic acids is 2. The van der Waals surface area contributed by atoms with Gasteiger partial charge in [-0.3, -0.25) is 9.78 Å². The molecule has 0 radical (unpaired) electrons. The normalized spacial score (nSPS) is 10.6. The summed E-state index contributed by atoms with van der Waals surface area (Å²) in [4.78, 5) is 32.1. The third kappa shape index (κ3) is 5.76. The van der Waals surface area contributed by atoms with Gasteiger partial charge in [0.2, 0.25) is 0 Å². The number of hydrogen-bond acceptors (Lipinski definition) is 6. The fraction of sp³-hybridized carbons (Fsp3) is 0.182. The van der Waals surface area contributed by atoms with E-state index in [0.717, 1.165) is 5.56 Å². The lowest BCUT2D eigenvalue weighted by atomic mass is 10.1. The molecule has 0 bridgehead atoms. The molecule has 32 heavy (non-hydrogen) atoms. The van der Waals surface area contributed by atoms with Gasteiger partial charge in [0, 0.05) is 24.8 Å². The number of pyridine rings is 2. The van der Waals surface area contributed by atoms with Crippen molar-refractivity contribution in [3.05, 3.63) is 71.3 Å². The largest absolute Gasteiger partial charge is 0.384 e. The second-order valence-electron chi connectivity index (χ2n) is 6.93. The van der Waals surface area contributed by atoms with Gasteiger partial charge in [-0.1, -0.05) is 19.1 Å². The molecule has 7 N–H and O–H groups in total. The summed E-state index contributed by atoms with van der Waals surface area (Å²) < 4.78 is 14.6. The number of halogens is 1. The van der Waals surface area contributed by atoms with Crippen molar-refractivity contribution in [2.24, 2.45) is 5.73 Å². The molecule has 166 valence electrons. The lowest BCUT2D eigenvalue weighted by Gasteiger charge is -2.11. The van der Waals surface area contributed by atoms with Crippen LogP contribution in [0, 0.1) is 5.82 Å². The minimum atomic E-state index is -0.624. The van der Waals surface area contributed by atoms with Crippen LogP contribution in [0.4, 0.5) is 20.7 Å². The van der Waals surface area contributed by atoms with Gasteiger partial charge in [-0.15, -0.1) is 0 Å². The molecule has 3 rings (SSSR count). The van der Waals surface area contributed by atoms with Crippen LogP contribution in [0.15, 0.2) is 48.7 Å². The Kier molecular flexibility index (Phi) is 7.29. The number of benzene rings is 1. The number of nitrogen functional groups attached to an aromatic ring is 1. The summed E-state index contributed by atoms with van der Waals surface area (Å²) in [6.07, 6.45) is 1.55. The maximum Gasteiger partial charge on any atom is 0.319 e. The smallest absolute Gasteiger partial charge is 0.319 e. The van der Waals surface area contributed by atoms with Crippen LogP contribution < -0.4 is 27.4 Å². The van der Waals surface area contributed by atoms with Crippen molar-refractivity contribution in [2.75, 3.05) is 17.6 Å². The molecule has 0 aliphatic carbocycles. The first-order valence-corrected chi connectivity index (χ1v) is 9.93. The van der Waals surface area contributed by atoms with E-state index < -0.39 is 17.8 Å². The zero-order valence-electron chi connectivity index (χ0n) is 17.5.